The summed E-state index contributed by atoms with van der Waals surface area (Å²) in [6.07, 6.45) is 1.16. The molecule has 0 saturated carbocycles. The molecule has 8 nitrogen and oxygen atoms in total. The van der Waals surface area contributed by atoms with E-state index in [-0.39, 0.29) is 17.7 Å². The zero-order valence-corrected chi connectivity index (χ0v) is 23.1. The van der Waals surface area contributed by atoms with E-state index in [4.69, 9.17) is 21.1 Å². The van der Waals surface area contributed by atoms with Crippen LogP contribution in [0.3, 0.4) is 0 Å². The number of hydrogen-bond acceptors (Lipinski definition) is 5. The maximum Gasteiger partial charge on any atom is 0.408 e. The summed E-state index contributed by atoms with van der Waals surface area (Å²) in [6, 6.07) is 15.6. The molecule has 1 atom stereocenters. The summed E-state index contributed by atoms with van der Waals surface area (Å²) in [7, 11) is 1.59. The lowest BCUT2D eigenvalue weighted by Crippen LogP contribution is -2.47. The van der Waals surface area contributed by atoms with Gasteiger partial charge in [0.15, 0.2) is 0 Å². The van der Waals surface area contributed by atoms with Gasteiger partial charge < -0.3 is 24.7 Å². The second-order valence-corrected chi connectivity index (χ2v) is 10.3. The molecule has 0 saturated heterocycles. The van der Waals surface area contributed by atoms with Gasteiger partial charge in [-0.15, -0.1) is 11.6 Å². The van der Waals surface area contributed by atoms with E-state index in [1.165, 1.54) is 4.57 Å². The Labute approximate surface area is 227 Å². The molecular weight excluding hydrogens is 506 g/mol. The standard InChI is InChI=1S/C29H34ClN3O5/c1-19-14-15-33(18-22-10-12-23(37-5)13-11-22)27(35)25(19)32-26(34)24(31-28(36)38-29(2,3)4)16-20-6-8-21(17-30)9-7-20/h6-15,24H,16-18H2,1-5H3,(H,31,36)(H,32,34)/t24-/m0/s1. The number of nitrogens with zero attached hydrogens (tertiary/aromatic N) is 1. The molecule has 2 aromatic carbocycles. The van der Waals surface area contributed by atoms with Crippen molar-refractivity contribution in [3.8, 4) is 5.75 Å². The summed E-state index contributed by atoms with van der Waals surface area (Å²) in [6.45, 7) is 7.29. The van der Waals surface area contributed by atoms with Crippen LogP contribution in [0, 0.1) is 6.92 Å². The highest BCUT2D eigenvalue weighted by Gasteiger charge is 2.26. The van der Waals surface area contributed by atoms with Gasteiger partial charge in [-0.3, -0.25) is 9.59 Å². The molecule has 2 N–H and O–H groups in total. The second-order valence-electron chi connectivity index (χ2n) is 10.00. The zero-order chi connectivity index (χ0) is 27.9. The number of alkyl carbamates (subject to hydrolysis) is 1. The van der Waals surface area contributed by atoms with Crippen molar-refractivity contribution in [3.63, 3.8) is 0 Å². The van der Waals surface area contributed by atoms with E-state index in [1.54, 1.807) is 47.1 Å². The Bertz CT molecular complexity index is 1310. The van der Waals surface area contributed by atoms with Crippen molar-refractivity contribution < 1.29 is 19.1 Å². The third-order valence-corrected chi connectivity index (χ3v) is 6.07. The van der Waals surface area contributed by atoms with Crippen molar-refractivity contribution in [3.05, 3.63) is 93.4 Å². The summed E-state index contributed by atoms with van der Waals surface area (Å²) in [4.78, 5) is 39.3. The monoisotopic (exact) mass is 539 g/mol. The molecule has 202 valence electrons. The number of amides is 2. The first-order valence-corrected chi connectivity index (χ1v) is 12.8. The predicted molar refractivity (Wildman–Crippen MR) is 149 cm³/mol. The van der Waals surface area contributed by atoms with Crippen LogP contribution < -0.4 is 20.9 Å². The van der Waals surface area contributed by atoms with E-state index < -0.39 is 23.6 Å². The molecule has 38 heavy (non-hydrogen) atoms. The maximum atomic E-state index is 13.4. The van der Waals surface area contributed by atoms with E-state index in [1.807, 2.05) is 48.5 Å². The molecule has 0 aliphatic carbocycles. The number of nitrogens with one attached hydrogen (secondary N) is 2. The molecular formula is C29H34ClN3O5. The highest BCUT2D eigenvalue weighted by Crippen LogP contribution is 2.15. The number of alkyl halides is 1. The summed E-state index contributed by atoms with van der Waals surface area (Å²) < 4.78 is 12.1. The van der Waals surface area contributed by atoms with Crippen LogP contribution in [0.2, 0.25) is 0 Å². The highest BCUT2D eigenvalue weighted by molar-refractivity contribution is 6.17. The Hall–Kier alpha value is -3.78. The van der Waals surface area contributed by atoms with Gasteiger partial charge in [0.05, 0.1) is 13.7 Å². The molecule has 2 amide bonds. The molecule has 0 aliphatic rings. The van der Waals surface area contributed by atoms with Gasteiger partial charge in [0.2, 0.25) is 5.91 Å². The number of ether oxygens (including phenoxy) is 2. The largest absolute Gasteiger partial charge is 0.497 e. The van der Waals surface area contributed by atoms with Crippen LogP contribution in [0.1, 0.15) is 43.0 Å². The van der Waals surface area contributed by atoms with Crippen molar-refractivity contribution in [2.45, 2.75) is 58.2 Å². The number of aryl methyl sites for hydroxylation is 1. The number of carbonyl (C=O) groups is 2. The maximum absolute atomic E-state index is 13.4. The van der Waals surface area contributed by atoms with Crippen LogP contribution in [0.5, 0.6) is 5.75 Å². The average molecular weight is 540 g/mol. The normalized spacial score (nSPS) is 11.9. The first-order chi connectivity index (χ1) is 18.0. The summed E-state index contributed by atoms with van der Waals surface area (Å²) in [5.74, 6) is 0.564. The first-order valence-electron chi connectivity index (χ1n) is 12.3. The van der Waals surface area contributed by atoms with Crippen molar-refractivity contribution in [1.29, 1.82) is 0 Å². The lowest BCUT2D eigenvalue weighted by molar-refractivity contribution is -0.118. The van der Waals surface area contributed by atoms with E-state index >= 15 is 0 Å². The zero-order valence-electron chi connectivity index (χ0n) is 22.3. The van der Waals surface area contributed by atoms with Crippen LogP contribution in [0.25, 0.3) is 0 Å². The smallest absolute Gasteiger partial charge is 0.408 e. The molecule has 1 aromatic heterocycles. The van der Waals surface area contributed by atoms with Crippen molar-refractivity contribution in [2.24, 2.45) is 0 Å². The summed E-state index contributed by atoms with van der Waals surface area (Å²) in [5, 5.41) is 5.41. The Morgan fingerprint density at radius 1 is 0.974 bits per heavy atom. The minimum absolute atomic E-state index is 0.152. The molecule has 1 heterocycles. The summed E-state index contributed by atoms with van der Waals surface area (Å²) in [5.41, 5.74) is 2.33. The van der Waals surface area contributed by atoms with Crippen LogP contribution in [-0.2, 0) is 28.4 Å². The predicted octanol–water partition coefficient (Wildman–Crippen LogP) is 5.03. The number of rotatable bonds is 9. The fourth-order valence-electron chi connectivity index (χ4n) is 3.74. The third kappa shape index (κ3) is 8.11. The molecule has 0 unspecified atom stereocenters. The van der Waals surface area contributed by atoms with Crippen LogP contribution >= 0.6 is 11.6 Å². The van der Waals surface area contributed by atoms with Crippen molar-refractivity contribution >= 4 is 29.3 Å². The Balaban J connectivity index is 1.84. The van der Waals surface area contributed by atoms with Crippen molar-refractivity contribution in [2.75, 3.05) is 12.4 Å². The quantitative estimate of drug-likeness (QED) is 0.372. The van der Waals surface area contributed by atoms with Crippen LogP contribution in [0.4, 0.5) is 10.5 Å². The highest BCUT2D eigenvalue weighted by atomic mass is 35.5. The minimum atomic E-state index is -0.985. The van der Waals surface area contributed by atoms with E-state index in [2.05, 4.69) is 10.6 Å². The van der Waals surface area contributed by atoms with E-state index in [9.17, 15) is 14.4 Å². The fourth-order valence-corrected chi connectivity index (χ4v) is 3.92. The van der Waals surface area contributed by atoms with Crippen LogP contribution in [-0.4, -0.2) is 35.3 Å². The molecule has 0 fully saturated rings. The number of pyridine rings is 1. The van der Waals surface area contributed by atoms with Gasteiger partial charge in [0.1, 0.15) is 23.1 Å². The number of halogens is 1. The topological polar surface area (TPSA) is 98.7 Å². The van der Waals surface area contributed by atoms with Gasteiger partial charge in [-0.05, 0) is 68.1 Å². The molecule has 3 rings (SSSR count). The summed E-state index contributed by atoms with van der Waals surface area (Å²) >= 11 is 5.89. The lowest BCUT2D eigenvalue weighted by atomic mass is 10.0. The van der Waals surface area contributed by atoms with Crippen LogP contribution in [0.15, 0.2) is 65.6 Å². The number of methoxy groups -OCH3 is 1. The molecule has 3 aromatic rings. The van der Waals surface area contributed by atoms with Gasteiger partial charge in [-0.1, -0.05) is 36.4 Å². The third-order valence-electron chi connectivity index (χ3n) is 5.76. The molecule has 0 radical (unpaired) electrons. The average Bonchev–Trinajstić information content (AvgIpc) is 2.87. The van der Waals surface area contributed by atoms with Gasteiger partial charge in [0.25, 0.3) is 5.56 Å². The fraction of sp³-hybridized carbons (Fsp3) is 0.345. The Morgan fingerprint density at radius 3 is 2.16 bits per heavy atom. The molecule has 0 spiro atoms. The molecule has 0 aliphatic heterocycles. The van der Waals surface area contributed by atoms with E-state index in [0.717, 1.165) is 22.4 Å². The number of aromatic nitrogens is 1. The molecule has 0 bridgehead atoms. The Kier molecular flexibility index (Phi) is 9.58. The SMILES string of the molecule is COc1ccc(Cn2ccc(C)c(NC(=O)[C@H](Cc3ccc(CCl)cc3)NC(=O)OC(C)(C)C)c2=O)cc1. The van der Waals surface area contributed by atoms with Gasteiger partial charge in [0, 0.05) is 18.5 Å². The number of carbonyl (C=O) groups excluding carboxylic acids is 2. The number of benzene rings is 2. The van der Waals surface area contributed by atoms with Gasteiger partial charge in [-0.25, -0.2) is 4.79 Å². The number of hydrogen-bond donors (Lipinski definition) is 2. The first kappa shape index (κ1) is 28.8. The van der Waals surface area contributed by atoms with Crippen molar-refractivity contribution in [1.82, 2.24) is 9.88 Å². The molecule has 9 heteroatoms. The van der Waals surface area contributed by atoms with Gasteiger partial charge >= 0.3 is 6.09 Å². The second kappa shape index (κ2) is 12.6. The lowest BCUT2D eigenvalue weighted by Gasteiger charge is -2.23. The minimum Gasteiger partial charge on any atom is -0.497 e. The Morgan fingerprint density at radius 2 is 1.58 bits per heavy atom. The number of anilines is 1. The van der Waals surface area contributed by atoms with E-state index in [0.29, 0.717) is 18.0 Å². The van der Waals surface area contributed by atoms with Gasteiger partial charge in [-0.2, -0.15) is 0 Å².